The Kier molecular flexibility index (Phi) is 5.50. The van der Waals surface area contributed by atoms with Crippen molar-refractivity contribution in [2.24, 2.45) is 0 Å². The SMILES string of the molecule is CN(CC(=O)Nc1c(Cl)cccc1Cl)C(=O)c1cc(F)cc2[nH]c(=S)[nH]c12. The highest BCUT2D eigenvalue weighted by Gasteiger charge is 2.20. The number of hydrogen-bond donors (Lipinski definition) is 3. The normalized spacial score (nSPS) is 10.8. The van der Waals surface area contributed by atoms with Gasteiger partial charge in [0, 0.05) is 7.05 Å². The summed E-state index contributed by atoms with van der Waals surface area (Å²) in [7, 11) is 1.42. The van der Waals surface area contributed by atoms with E-state index in [9.17, 15) is 14.0 Å². The number of likely N-dealkylation sites (N-methyl/N-ethyl adjacent to an activating group) is 1. The van der Waals surface area contributed by atoms with Crippen LogP contribution in [-0.2, 0) is 4.79 Å². The van der Waals surface area contributed by atoms with Crippen LogP contribution in [0.15, 0.2) is 30.3 Å². The standard InChI is InChI=1S/C17H13Cl2FN4O2S/c1-24(7-13(25)22-15-10(18)3-2-4-11(15)19)16(26)9-5-8(20)6-12-14(9)23-17(27)21-12/h2-6H,7H2,1H3,(H,22,25)(H2,21,23,27). The number of nitrogens with zero attached hydrogens (tertiary/aromatic N) is 1. The van der Waals surface area contributed by atoms with Gasteiger partial charge in [-0.3, -0.25) is 9.59 Å². The van der Waals surface area contributed by atoms with E-state index in [-0.39, 0.29) is 32.6 Å². The van der Waals surface area contributed by atoms with Crippen molar-refractivity contribution in [1.82, 2.24) is 14.9 Å². The van der Waals surface area contributed by atoms with Crippen molar-refractivity contribution in [2.45, 2.75) is 0 Å². The molecule has 1 aromatic heterocycles. The number of aromatic amines is 2. The Balaban J connectivity index is 1.80. The molecular weight excluding hydrogens is 414 g/mol. The van der Waals surface area contributed by atoms with E-state index in [0.717, 1.165) is 11.0 Å². The lowest BCUT2D eigenvalue weighted by Gasteiger charge is -2.18. The highest BCUT2D eigenvalue weighted by Crippen LogP contribution is 2.29. The average Bonchev–Trinajstić information content (AvgIpc) is 2.96. The number of fused-ring (bicyclic) bond motifs is 1. The second-order valence-corrected chi connectivity index (χ2v) is 6.98. The predicted molar refractivity (Wildman–Crippen MR) is 105 cm³/mol. The van der Waals surface area contributed by atoms with Crippen LogP contribution in [0.3, 0.4) is 0 Å². The van der Waals surface area contributed by atoms with E-state index in [1.54, 1.807) is 18.2 Å². The molecule has 0 spiro atoms. The molecule has 2 amide bonds. The second-order valence-electron chi connectivity index (χ2n) is 5.76. The number of aromatic nitrogens is 2. The van der Waals surface area contributed by atoms with Crippen molar-refractivity contribution in [3.8, 4) is 0 Å². The van der Waals surface area contributed by atoms with E-state index in [2.05, 4.69) is 15.3 Å². The van der Waals surface area contributed by atoms with Crippen molar-refractivity contribution in [2.75, 3.05) is 18.9 Å². The molecule has 3 aromatic rings. The van der Waals surface area contributed by atoms with Gasteiger partial charge >= 0.3 is 0 Å². The van der Waals surface area contributed by atoms with Gasteiger partial charge in [-0.1, -0.05) is 29.3 Å². The molecule has 0 aliphatic heterocycles. The molecule has 0 radical (unpaired) electrons. The molecule has 140 valence electrons. The van der Waals surface area contributed by atoms with Gasteiger partial charge in [0.2, 0.25) is 5.91 Å². The molecular formula is C17H13Cl2FN4O2S. The van der Waals surface area contributed by atoms with Gasteiger partial charge in [0.25, 0.3) is 5.91 Å². The first-order chi connectivity index (χ1) is 12.8. The Morgan fingerprint density at radius 2 is 1.89 bits per heavy atom. The van der Waals surface area contributed by atoms with Crippen LogP contribution in [0, 0.1) is 10.6 Å². The third kappa shape index (κ3) is 4.13. The number of carbonyl (C=O) groups excluding carboxylic acids is 2. The van der Waals surface area contributed by atoms with E-state index < -0.39 is 17.6 Å². The first-order valence-corrected chi connectivity index (χ1v) is 8.83. The lowest BCUT2D eigenvalue weighted by atomic mass is 10.1. The number of para-hydroxylation sites is 1. The molecule has 10 heteroatoms. The van der Waals surface area contributed by atoms with Crippen LogP contribution in [0.1, 0.15) is 10.4 Å². The van der Waals surface area contributed by atoms with Gasteiger partial charge in [-0.05, 0) is 36.5 Å². The van der Waals surface area contributed by atoms with Crippen molar-refractivity contribution in [3.63, 3.8) is 0 Å². The summed E-state index contributed by atoms with van der Waals surface area (Å²) in [6.07, 6.45) is 0. The van der Waals surface area contributed by atoms with Gasteiger partial charge in [0.05, 0.1) is 38.9 Å². The highest BCUT2D eigenvalue weighted by molar-refractivity contribution is 7.71. The summed E-state index contributed by atoms with van der Waals surface area (Å²) in [5, 5.41) is 3.12. The lowest BCUT2D eigenvalue weighted by molar-refractivity contribution is -0.116. The topological polar surface area (TPSA) is 81.0 Å². The third-order valence-electron chi connectivity index (χ3n) is 3.77. The number of nitrogens with one attached hydrogen (secondary N) is 3. The Morgan fingerprint density at radius 3 is 2.56 bits per heavy atom. The van der Waals surface area contributed by atoms with Gasteiger partial charge < -0.3 is 20.2 Å². The average molecular weight is 427 g/mol. The molecule has 1 heterocycles. The number of hydrogen-bond acceptors (Lipinski definition) is 3. The summed E-state index contributed by atoms with van der Waals surface area (Å²) in [6, 6.07) is 7.12. The molecule has 27 heavy (non-hydrogen) atoms. The molecule has 0 aliphatic carbocycles. The lowest BCUT2D eigenvalue weighted by Crippen LogP contribution is -2.35. The Morgan fingerprint density at radius 1 is 1.22 bits per heavy atom. The predicted octanol–water partition coefficient (Wildman–Crippen LogP) is 4.38. The minimum atomic E-state index is -0.600. The molecule has 6 nitrogen and oxygen atoms in total. The monoisotopic (exact) mass is 426 g/mol. The smallest absolute Gasteiger partial charge is 0.256 e. The maximum absolute atomic E-state index is 13.8. The molecule has 0 fully saturated rings. The number of imidazole rings is 1. The van der Waals surface area contributed by atoms with Crippen LogP contribution >= 0.6 is 35.4 Å². The summed E-state index contributed by atoms with van der Waals surface area (Å²) in [5.41, 5.74) is 1.05. The van der Waals surface area contributed by atoms with E-state index in [1.165, 1.54) is 13.1 Å². The molecule has 0 atom stereocenters. The van der Waals surface area contributed by atoms with Crippen LogP contribution in [-0.4, -0.2) is 40.3 Å². The summed E-state index contributed by atoms with van der Waals surface area (Å²) >= 11 is 17.0. The first kappa shape index (κ1) is 19.3. The van der Waals surface area contributed by atoms with E-state index in [4.69, 9.17) is 35.4 Å². The van der Waals surface area contributed by atoms with Crippen LogP contribution in [0.2, 0.25) is 10.0 Å². The number of benzene rings is 2. The minimum absolute atomic E-state index is 0.0587. The Labute approximate surface area is 168 Å². The molecule has 0 unspecified atom stereocenters. The number of amides is 2. The van der Waals surface area contributed by atoms with E-state index in [1.807, 2.05) is 0 Å². The summed E-state index contributed by atoms with van der Waals surface area (Å²) in [6.45, 7) is -0.288. The fourth-order valence-corrected chi connectivity index (χ4v) is 3.27. The number of rotatable bonds is 4. The first-order valence-electron chi connectivity index (χ1n) is 7.67. The molecule has 0 saturated carbocycles. The van der Waals surface area contributed by atoms with Crippen LogP contribution in [0.4, 0.5) is 10.1 Å². The van der Waals surface area contributed by atoms with E-state index >= 15 is 0 Å². The van der Waals surface area contributed by atoms with Crippen molar-refractivity contribution in [1.29, 1.82) is 0 Å². The van der Waals surface area contributed by atoms with Gasteiger partial charge in [0.15, 0.2) is 4.77 Å². The van der Waals surface area contributed by atoms with Crippen molar-refractivity contribution in [3.05, 3.63) is 56.5 Å². The van der Waals surface area contributed by atoms with Crippen LogP contribution in [0.5, 0.6) is 0 Å². The number of carbonyl (C=O) groups is 2. The Hall–Kier alpha value is -2.42. The van der Waals surface area contributed by atoms with Crippen LogP contribution in [0.25, 0.3) is 11.0 Å². The number of halogens is 3. The van der Waals surface area contributed by atoms with Crippen molar-refractivity contribution < 1.29 is 14.0 Å². The van der Waals surface area contributed by atoms with Gasteiger partial charge in [-0.15, -0.1) is 0 Å². The fourth-order valence-electron chi connectivity index (χ4n) is 2.56. The molecule has 0 saturated heterocycles. The molecule has 0 aliphatic rings. The van der Waals surface area contributed by atoms with Gasteiger partial charge in [0.1, 0.15) is 5.82 Å². The highest BCUT2D eigenvalue weighted by atomic mass is 35.5. The zero-order valence-electron chi connectivity index (χ0n) is 13.9. The van der Waals surface area contributed by atoms with Gasteiger partial charge in [-0.25, -0.2) is 4.39 Å². The van der Waals surface area contributed by atoms with E-state index in [0.29, 0.717) is 11.0 Å². The molecule has 3 rings (SSSR count). The molecule has 2 aromatic carbocycles. The maximum atomic E-state index is 13.8. The zero-order chi connectivity index (χ0) is 19.7. The fraction of sp³-hybridized carbons (Fsp3) is 0.118. The number of anilines is 1. The molecule has 3 N–H and O–H groups in total. The number of H-pyrrole nitrogens is 2. The minimum Gasteiger partial charge on any atom is -0.332 e. The summed E-state index contributed by atoms with van der Waals surface area (Å²) in [4.78, 5) is 31.7. The summed E-state index contributed by atoms with van der Waals surface area (Å²) < 4.78 is 14.1. The quantitative estimate of drug-likeness (QED) is 0.541. The summed E-state index contributed by atoms with van der Waals surface area (Å²) in [5.74, 6) is -1.66. The van der Waals surface area contributed by atoms with Crippen molar-refractivity contribution >= 4 is 64.0 Å². The van der Waals surface area contributed by atoms with Gasteiger partial charge in [-0.2, -0.15) is 0 Å². The second kappa shape index (κ2) is 7.67. The van der Waals surface area contributed by atoms with Crippen LogP contribution < -0.4 is 5.32 Å². The Bertz CT molecular complexity index is 1090. The third-order valence-corrected chi connectivity index (χ3v) is 4.61. The zero-order valence-corrected chi connectivity index (χ0v) is 16.2. The molecule has 0 bridgehead atoms. The maximum Gasteiger partial charge on any atom is 0.256 e. The largest absolute Gasteiger partial charge is 0.332 e.